The van der Waals surface area contributed by atoms with Gasteiger partial charge in [0.05, 0.1) is 112 Å². The first kappa shape index (κ1) is 66.6. The minimum Gasteiger partial charge on any atom is -0.657 e. The van der Waals surface area contributed by atoms with Crippen LogP contribution in [0, 0.1) is 36.9 Å². The Morgan fingerprint density at radius 2 is 0.890 bits per heavy atom. The van der Waals surface area contributed by atoms with E-state index in [-0.39, 0.29) is 68.8 Å². The minimum absolute atomic E-state index is 0. The Hall–Kier alpha value is -4.45. The number of carboxylic acids is 2. The van der Waals surface area contributed by atoms with Gasteiger partial charge in [-0.25, -0.2) is 9.97 Å². The molecule has 0 saturated heterocycles. The second-order valence-electron chi connectivity index (χ2n) is 15.9. The van der Waals surface area contributed by atoms with Crippen LogP contribution in [0.15, 0.2) is 36.7 Å². The number of benzene rings is 1. The number of nitrogens with zero attached hydrogens (tertiary/aromatic N) is 5. The Kier molecular flexibility index (Phi) is 34.8. The summed E-state index contributed by atoms with van der Waals surface area (Å²) >= 11 is 0. The summed E-state index contributed by atoms with van der Waals surface area (Å²) in [6.45, 7) is 15.4. The number of carbonyl (C=O) groups excluding carboxylic acids is 2. The Bertz CT molecular complexity index is 2240. The van der Waals surface area contributed by atoms with Gasteiger partial charge in [-0.3, -0.25) is 9.97 Å². The van der Waals surface area contributed by atoms with E-state index in [9.17, 15) is 10.2 Å². The largest absolute Gasteiger partial charge is 0.657 e. The molecule has 5 rings (SSSR count). The fraction of sp³-hybridized carbons (Fsp3) is 0.538. The van der Waals surface area contributed by atoms with Gasteiger partial charge in [-0.15, -0.1) is 11.0 Å². The topological polar surface area (TPSA) is 292 Å². The van der Waals surface area contributed by atoms with Crippen molar-refractivity contribution in [2.75, 3.05) is 107 Å². The molecule has 73 heavy (non-hydrogen) atoms. The van der Waals surface area contributed by atoms with Gasteiger partial charge in [0.2, 0.25) is 0 Å². The van der Waals surface area contributed by atoms with Gasteiger partial charge in [-0.1, -0.05) is 37.1 Å². The van der Waals surface area contributed by atoms with E-state index in [1.165, 1.54) is 11.1 Å². The molecule has 1 aromatic carbocycles. The molecule has 2 aliphatic rings. The zero-order valence-electron chi connectivity index (χ0n) is 43.4. The summed E-state index contributed by atoms with van der Waals surface area (Å²) in [6.07, 6.45) is 7.61. The molecule has 0 saturated carbocycles. The molecular formula is C52H74LuN5O15-3. The second kappa shape index (κ2) is 38.2. The van der Waals surface area contributed by atoms with E-state index in [2.05, 4.69) is 26.0 Å². The molecule has 0 amide bonds. The summed E-state index contributed by atoms with van der Waals surface area (Å²) in [5, 5.41) is 37.5. The molecule has 20 nitrogen and oxygen atoms in total. The third-order valence-corrected chi connectivity index (χ3v) is 10.7. The van der Waals surface area contributed by atoms with Crippen LogP contribution in [0.4, 0.5) is 0 Å². The number of rotatable bonds is 28. The number of aryl methyl sites for hydroxylation is 2. The van der Waals surface area contributed by atoms with Crippen LogP contribution in [0.25, 0.3) is 44.4 Å². The van der Waals surface area contributed by atoms with Crippen molar-refractivity contribution in [2.45, 2.75) is 80.1 Å². The van der Waals surface area contributed by atoms with Crippen molar-refractivity contribution in [3.8, 4) is 11.5 Å². The number of carbonyl (C=O) groups is 2. The zero-order chi connectivity index (χ0) is 52.0. The number of carboxylic acid groups (broad SMARTS) is 2. The minimum atomic E-state index is -1.08. The Balaban J connectivity index is 0.00000248. The van der Waals surface area contributed by atoms with Gasteiger partial charge < -0.3 is 78.4 Å². The number of aliphatic hydroxyl groups is 2. The Morgan fingerprint density at radius 1 is 0.562 bits per heavy atom. The van der Waals surface area contributed by atoms with E-state index in [1.54, 1.807) is 26.6 Å². The Morgan fingerprint density at radius 3 is 1.21 bits per heavy atom. The van der Waals surface area contributed by atoms with Crippen molar-refractivity contribution in [2.24, 2.45) is 0 Å². The van der Waals surface area contributed by atoms with Crippen LogP contribution < -0.4 is 24.7 Å². The van der Waals surface area contributed by atoms with Crippen LogP contribution >= 0.6 is 0 Å². The van der Waals surface area contributed by atoms with E-state index >= 15 is 0 Å². The SMILES string of the molecule is CC(=O)[O-].CC(=O)[O-].CCc1c(CC)c2cc3nc(cnc4cc(OCCOCCOCCOC)c(OCCOCCOCCOC)cc4ncc4nc(cc1[n-]2)C(CCCO)=C4C)C(C)=C3CCCO.O.[Lu]. The smallest absolute Gasteiger partial charge is 0.163 e. The van der Waals surface area contributed by atoms with Gasteiger partial charge in [0, 0.05) is 88.4 Å². The predicted octanol–water partition coefficient (Wildman–Crippen LogP) is 3.30. The molecule has 21 heteroatoms. The molecule has 0 aliphatic carbocycles. The average molecular weight is 1180 g/mol. The van der Waals surface area contributed by atoms with Crippen LogP contribution in [0.1, 0.15) is 101 Å². The third-order valence-electron chi connectivity index (χ3n) is 10.7. The molecule has 6 bridgehead atoms. The summed E-state index contributed by atoms with van der Waals surface area (Å²) in [6, 6.07) is 7.78. The predicted molar refractivity (Wildman–Crippen MR) is 269 cm³/mol. The molecule has 2 aromatic heterocycles. The summed E-state index contributed by atoms with van der Waals surface area (Å²) in [5.74, 6) is -1.25. The van der Waals surface area contributed by atoms with Gasteiger partial charge >= 0.3 is 0 Å². The van der Waals surface area contributed by atoms with Crippen molar-refractivity contribution in [1.29, 1.82) is 0 Å². The van der Waals surface area contributed by atoms with Crippen LogP contribution in [-0.2, 0) is 50.9 Å². The number of hydrogen-bond donors (Lipinski definition) is 2. The standard InChI is InChI=1S/C48H66N5O10.2C2H4O2.Lu.H2O/c1-7-35-36(8-2)40-28-42-38(12-10-14-55)34(4)46(53-42)32-50-44-30-48(63-26-24-61-22-20-59-18-16-57-6)47(62-25-23-60-21-19-58-17-15-56-5)29-43(44)49-31-45-33(3)37(11-9-13-54)41(52-45)27-39(35)51-40;2*1-2(3)4;;/h27-32,54-55H,7-26H2,1-6H3;2*1H3,(H,3,4);;1H2/q-1;;;;/p-2. The first-order chi connectivity index (χ1) is 34.3. The monoisotopic (exact) mass is 1180 g/mol. The summed E-state index contributed by atoms with van der Waals surface area (Å²) in [7, 11) is 3.27. The van der Waals surface area contributed by atoms with Gasteiger partial charge in [-0.05, 0) is 88.5 Å². The van der Waals surface area contributed by atoms with Crippen molar-refractivity contribution < 1.29 is 110 Å². The first-order valence-corrected chi connectivity index (χ1v) is 23.9. The summed E-state index contributed by atoms with van der Waals surface area (Å²) < 4.78 is 45.3. The first-order valence-electron chi connectivity index (χ1n) is 23.9. The van der Waals surface area contributed by atoms with E-state index in [0.717, 1.165) is 71.4 Å². The maximum absolute atomic E-state index is 9.85. The van der Waals surface area contributed by atoms with E-state index < -0.39 is 11.9 Å². The number of ether oxygens (including phenoxy) is 8. The average Bonchev–Trinajstić information content (AvgIpc) is 3.94. The number of allylic oxidation sites excluding steroid dienone is 4. The van der Waals surface area contributed by atoms with Crippen LogP contribution in [0.5, 0.6) is 11.5 Å². The molecule has 3 aromatic rings. The molecule has 415 valence electrons. The number of aromatic nitrogens is 5. The number of aliphatic hydroxyl groups excluding tert-OH is 2. The maximum atomic E-state index is 9.85. The summed E-state index contributed by atoms with van der Waals surface area (Å²) in [4.78, 5) is 43.2. The molecule has 2 aliphatic heterocycles. The molecule has 1 radical (unpaired) electrons. The molecule has 0 fully saturated rings. The van der Waals surface area contributed by atoms with E-state index in [0.29, 0.717) is 126 Å². The van der Waals surface area contributed by atoms with Crippen molar-refractivity contribution in [3.05, 3.63) is 70.6 Å². The fourth-order valence-electron chi connectivity index (χ4n) is 7.33. The van der Waals surface area contributed by atoms with E-state index in [1.807, 2.05) is 26.0 Å². The van der Waals surface area contributed by atoms with Crippen LogP contribution in [0.2, 0.25) is 0 Å². The molecular weight excluding hydrogens is 1110 g/mol. The van der Waals surface area contributed by atoms with Gasteiger partial charge in [0.15, 0.2) is 11.5 Å². The van der Waals surface area contributed by atoms with Crippen molar-refractivity contribution in [1.82, 2.24) is 24.9 Å². The third kappa shape index (κ3) is 23.3. The second-order valence-corrected chi connectivity index (χ2v) is 15.9. The molecule has 0 atom stereocenters. The van der Waals surface area contributed by atoms with Crippen molar-refractivity contribution in [3.63, 3.8) is 0 Å². The molecule has 4 heterocycles. The van der Waals surface area contributed by atoms with Gasteiger partial charge in [-0.2, -0.15) is 0 Å². The summed E-state index contributed by atoms with van der Waals surface area (Å²) in [5.41, 5.74) is 12.2. The van der Waals surface area contributed by atoms with Crippen LogP contribution in [-0.4, -0.2) is 154 Å². The molecule has 4 N–H and O–H groups in total. The number of methoxy groups -OCH3 is 2. The fourth-order valence-corrected chi connectivity index (χ4v) is 7.33. The maximum Gasteiger partial charge on any atom is 0.163 e. The van der Waals surface area contributed by atoms with Gasteiger partial charge in [0.25, 0.3) is 0 Å². The number of fused-ring (bicyclic) bond motifs is 7. The van der Waals surface area contributed by atoms with Gasteiger partial charge in [0.1, 0.15) is 13.2 Å². The van der Waals surface area contributed by atoms with E-state index in [4.69, 9.17) is 82.6 Å². The normalized spacial score (nSPS) is 11.6. The molecule has 0 spiro atoms. The quantitative estimate of drug-likeness (QED) is 0.0986. The van der Waals surface area contributed by atoms with Crippen LogP contribution in [0.3, 0.4) is 0 Å². The zero-order valence-corrected chi connectivity index (χ0v) is 45.1. The number of hydrogen-bond acceptors (Lipinski definition) is 18. The van der Waals surface area contributed by atoms with Crippen molar-refractivity contribution >= 4 is 56.3 Å². The Labute approximate surface area is 457 Å². The number of aliphatic carboxylic acids is 2. The molecule has 0 unspecified atom stereocenters.